The molecular formula is C43H60N6O9. The Morgan fingerprint density at radius 1 is 0.879 bits per heavy atom. The van der Waals surface area contributed by atoms with Crippen LogP contribution in [0.1, 0.15) is 101 Å². The molecule has 4 atom stereocenters. The Balaban J connectivity index is 1.54. The van der Waals surface area contributed by atoms with Crippen LogP contribution in [0.4, 0.5) is 4.79 Å². The first-order chi connectivity index (χ1) is 27.9. The summed E-state index contributed by atoms with van der Waals surface area (Å²) in [5.41, 5.74) is -0.446. The van der Waals surface area contributed by atoms with Crippen LogP contribution < -0.4 is 31.3 Å². The zero-order chi connectivity index (χ0) is 41.9. The number of aldehydes is 1. The number of cyclic esters (lactones) is 1. The van der Waals surface area contributed by atoms with E-state index in [0.717, 1.165) is 38.5 Å². The third-order valence-electron chi connectivity index (χ3n) is 10.5. The van der Waals surface area contributed by atoms with Crippen LogP contribution in [0.5, 0.6) is 5.75 Å². The predicted molar refractivity (Wildman–Crippen MR) is 216 cm³/mol. The average Bonchev–Trinajstić information content (AvgIpc) is 3.22. The maximum absolute atomic E-state index is 14.3. The second-order valence-electron chi connectivity index (χ2n) is 15.4. The highest BCUT2D eigenvalue weighted by atomic mass is 16.5. The van der Waals surface area contributed by atoms with Crippen LogP contribution in [0.3, 0.4) is 0 Å². The van der Waals surface area contributed by atoms with Crippen molar-refractivity contribution in [1.82, 2.24) is 31.5 Å². The minimum Gasteiger partial charge on any atom is -0.494 e. The van der Waals surface area contributed by atoms with Crippen molar-refractivity contribution in [2.75, 3.05) is 33.9 Å². The molecule has 58 heavy (non-hydrogen) atoms. The summed E-state index contributed by atoms with van der Waals surface area (Å²) in [7, 11) is 3.14. The number of nitrogens with one attached hydrogen (secondary N) is 5. The first-order valence-electron chi connectivity index (χ1n) is 20.5. The van der Waals surface area contributed by atoms with E-state index in [1.165, 1.54) is 4.90 Å². The van der Waals surface area contributed by atoms with E-state index in [-0.39, 0.29) is 31.3 Å². The molecule has 5 N–H and O–H groups in total. The molecule has 1 fully saturated rings. The van der Waals surface area contributed by atoms with Crippen LogP contribution in [0.15, 0.2) is 54.6 Å². The van der Waals surface area contributed by atoms with E-state index in [0.29, 0.717) is 55.5 Å². The van der Waals surface area contributed by atoms with Crippen molar-refractivity contribution >= 4 is 41.9 Å². The minimum absolute atomic E-state index is 0.0122. The summed E-state index contributed by atoms with van der Waals surface area (Å²) in [5, 5.41) is 13.6. The number of amides is 6. The van der Waals surface area contributed by atoms with Gasteiger partial charge in [-0.1, -0.05) is 75.1 Å². The number of fused-ring (bicyclic) bond motifs is 2. The Morgan fingerprint density at radius 3 is 2.24 bits per heavy atom. The Morgan fingerprint density at radius 2 is 1.57 bits per heavy atom. The number of carbonyl (C=O) groups excluding carboxylic acids is 7. The number of ether oxygens (including phenoxy) is 2. The quantitative estimate of drug-likeness (QED) is 0.188. The van der Waals surface area contributed by atoms with E-state index in [2.05, 4.69) is 26.6 Å². The van der Waals surface area contributed by atoms with Gasteiger partial charge in [0.2, 0.25) is 29.5 Å². The molecule has 2 aromatic rings. The second-order valence-corrected chi connectivity index (χ2v) is 15.4. The number of benzene rings is 2. The Bertz CT molecular complexity index is 1700. The third-order valence-corrected chi connectivity index (χ3v) is 10.5. The van der Waals surface area contributed by atoms with Crippen LogP contribution in [-0.4, -0.2) is 98.3 Å². The first kappa shape index (κ1) is 45.2. The Kier molecular flexibility index (Phi) is 18.0. The number of hydrogen-bond acceptors (Lipinski definition) is 9. The standard InChI is InChI=1S/C43H60N6O9/c1-4-22-43(29-50,27-35(51)44-28-36(52)46-38(41(55)49(2)3)32-19-11-8-12-20-32)48-39(53)34-26-30-16-15-21-33(25-30)57-23-13-5-6-14-24-58-42(56)47-37(40(54)45-34)31-17-9-7-10-18-31/h8,11-12,15-16,19-21,25,29,31,34,37-38H,4-7,9-10,13-14,17-18,22-24,26-28H2,1-3H3,(H,44,51)(H,45,54)(H,46,52)(H,47,56)(H,48,53)/t34-,37-,38-,43?/m0/s1. The largest absolute Gasteiger partial charge is 0.494 e. The molecule has 1 unspecified atom stereocenters. The van der Waals surface area contributed by atoms with Crippen molar-refractivity contribution in [2.45, 2.75) is 114 Å². The number of likely N-dealkylation sites (N-methyl/N-ethyl adjacent to an activating group) is 1. The van der Waals surface area contributed by atoms with Crippen LogP contribution >= 0.6 is 0 Å². The molecule has 4 rings (SSSR count). The molecule has 1 aliphatic heterocycles. The second kappa shape index (κ2) is 23.1. The summed E-state index contributed by atoms with van der Waals surface area (Å²) in [6.07, 6.45) is 7.25. The topological polar surface area (TPSA) is 201 Å². The Hall–Kier alpha value is -5.47. The molecule has 6 amide bonds. The van der Waals surface area contributed by atoms with Gasteiger partial charge in [0, 0.05) is 20.5 Å². The number of rotatable bonds is 13. The minimum atomic E-state index is -1.69. The fourth-order valence-corrected chi connectivity index (χ4v) is 7.45. The summed E-state index contributed by atoms with van der Waals surface area (Å²) >= 11 is 0. The molecule has 0 radical (unpaired) electrons. The van der Waals surface area contributed by atoms with Gasteiger partial charge in [-0.15, -0.1) is 0 Å². The molecular weight excluding hydrogens is 745 g/mol. The van der Waals surface area contributed by atoms with Crippen molar-refractivity contribution in [3.63, 3.8) is 0 Å². The van der Waals surface area contributed by atoms with E-state index in [1.807, 2.05) is 6.07 Å². The zero-order valence-corrected chi connectivity index (χ0v) is 34.0. The van der Waals surface area contributed by atoms with Crippen LogP contribution in [0, 0.1) is 5.92 Å². The molecule has 15 nitrogen and oxygen atoms in total. The average molecular weight is 805 g/mol. The molecule has 1 heterocycles. The van der Waals surface area contributed by atoms with Gasteiger partial charge in [0.15, 0.2) is 0 Å². The van der Waals surface area contributed by atoms with Crippen molar-refractivity contribution in [2.24, 2.45) is 5.92 Å². The fraction of sp³-hybridized carbons (Fsp3) is 0.558. The summed E-state index contributed by atoms with van der Waals surface area (Å²) in [6.45, 7) is 1.98. The van der Waals surface area contributed by atoms with Crippen molar-refractivity contribution in [1.29, 1.82) is 0 Å². The SMILES string of the molecule is CCCC(C=O)(CC(=O)NCC(=O)N[C@H](C(=O)N(C)C)c1ccccc1)NC(=O)[C@@H]1Cc2cccc(c2)OCCCCCCOC(=O)N[C@@H](C2CCCCC2)C(=O)N1. The van der Waals surface area contributed by atoms with Crippen molar-refractivity contribution in [3.05, 3.63) is 65.7 Å². The van der Waals surface area contributed by atoms with Crippen LogP contribution in [0.2, 0.25) is 0 Å². The zero-order valence-electron chi connectivity index (χ0n) is 34.0. The van der Waals surface area contributed by atoms with Gasteiger partial charge in [-0.2, -0.15) is 0 Å². The lowest BCUT2D eigenvalue weighted by Gasteiger charge is -2.33. The van der Waals surface area contributed by atoms with Crippen molar-refractivity contribution < 1.29 is 43.0 Å². The monoisotopic (exact) mass is 804 g/mol. The molecule has 15 heteroatoms. The van der Waals surface area contributed by atoms with Gasteiger partial charge in [0.05, 0.1) is 26.2 Å². The van der Waals surface area contributed by atoms with Gasteiger partial charge in [-0.05, 0) is 74.1 Å². The van der Waals surface area contributed by atoms with E-state index in [1.54, 1.807) is 69.6 Å². The van der Waals surface area contributed by atoms with Crippen LogP contribution in [0.25, 0.3) is 0 Å². The van der Waals surface area contributed by atoms with Crippen molar-refractivity contribution in [3.8, 4) is 5.75 Å². The van der Waals surface area contributed by atoms with E-state index < -0.39 is 66.4 Å². The molecule has 1 aliphatic carbocycles. The molecule has 0 aromatic heterocycles. The van der Waals surface area contributed by atoms with Gasteiger partial charge in [0.25, 0.3) is 0 Å². The molecule has 1 saturated carbocycles. The molecule has 2 aliphatic rings. The summed E-state index contributed by atoms with van der Waals surface area (Å²) in [4.78, 5) is 94.9. The third kappa shape index (κ3) is 14.2. The van der Waals surface area contributed by atoms with Gasteiger partial charge in [-0.3, -0.25) is 24.0 Å². The maximum Gasteiger partial charge on any atom is 0.407 e. The van der Waals surface area contributed by atoms with Gasteiger partial charge >= 0.3 is 6.09 Å². The number of hydrogen-bond donors (Lipinski definition) is 5. The fourth-order valence-electron chi connectivity index (χ4n) is 7.45. The van der Waals surface area contributed by atoms with Gasteiger partial charge in [-0.25, -0.2) is 4.79 Å². The van der Waals surface area contributed by atoms with Gasteiger partial charge < -0.3 is 45.8 Å². The predicted octanol–water partition coefficient (Wildman–Crippen LogP) is 3.65. The summed E-state index contributed by atoms with van der Waals surface area (Å²) < 4.78 is 11.4. The molecule has 0 saturated heterocycles. The number of carbonyl (C=O) groups is 7. The lowest BCUT2D eigenvalue weighted by atomic mass is 9.83. The van der Waals surface area contributed by atoms with E-state index in [9.17, 15) is 33.6 Å². The lowest BCUT2D eigenvalue weighted by molar-refractivity contribution is -0.135. The molecule has 2 aromatic carbocycles. The molecule has 316 valence electrons. The normalized spacial score (nSPS) is 20.1. The highest BCUT2D eigenvalue weighted by Gasteiger charge is 2.38. The van der Waals surface area contributed by atoms with Crippen LogP contribution in [-0.2, 0) is 39.9 Å². The number of nitrogens with zero attached hydrogens (tertiary/aromatic N) is 1. The smallest absolute Gasteiger partial charge is 0.407 e. The molecule has 0 spiro atoms. The maximum atomic E-state index is 14.3. The van der Waals surface area contributed by atoms with E-state index in [4.69, 9.17) is 9.47 Å². The number of alkyl carbamates (subject to hydrolysis) is 1. The lowest BCUT2D eigenvalue weighted by Crippen LogP contribution is -2.61. The molecule has 2 bridgehead atoms. The van der Waals surface area contributed by atoms with E-state index >= 15 is 0 Å². The Labute approximate surface area is 341 Å². The summed E-state index contributed by atoms with van der Waals surface area (Å²) in [6, 6.07) is 12.7. The highest BCUT2D eigenvalue weighted by Crippen LogP contribution is 2.27. The highest BCUT2D eigenvalue weighted by molar-refractivity contribution is 5.95. The van der Waals surface area contributed by atoms with Gasteiger partial charge in [0.1, 0.15) is 35.7 Å². The first-order valence-corrected chi connectivity index (χ1v) is 20.5. The summed E-state index contributed by atoms with van der Waals surface area (Å²) in [5.74, 6) is -2.53.